The molecule has 0 saturated carbocycles. The van der Waals surface area contributed by atoms with Crippen LogP contribution in [-0.4, -0.2) is 62.7 Å². The van der Waals surface area contributed by atoms with Gasteiger partial charge in [0.2, 0.25) is 0 Å². The topological polar surface area (TPSA) is 66.9 Å². The van der Waals surface area contributed by atoms with Gasteiger partial charge in [0, 0.05) is 43.3 Å². The lowest BCUT2D eigenvalue weighted by Crippen LogP contribution is -2.44. The first-order valence-corrected chi connectivity index (χ1v) is 10.4. The van der Waals surface area contributed by atoms with Gasteiger partial charge in [0.15, 0.2) is 6.61 Å². The van der Waals surface area contributed by atoms with Crippen LogP contribution in [-0.2, 0) is 4.79 Å². The molecule has 2 aromatic carbocycles. The Balaban J connectivity index is 1.43. The number of fused-ring (bicyclic) bond motifs is 1. The lowest BCUT2D eigenvalue weighted by molar-refractivity contribution is -0.118. The fourth-order valence-electron chi connectivity index (χ4n) is 3.69. The van der Waals surface area contributed by atoms with Crippen molar-refractivity contribution in [3.8, 4) is 11.5 Å². The lowest BCUT2D eigenvalue weighted by atomic mass is 10.1. The van der Waals surface area contributed by atoms with Crippen LogP contribution < -0.4 is 19.7 Å². The van der Waals surface area contributed by atoms with Crippen molar-refractivity contribution in [3.05, 3.63) is 54.1 Å². The minimum Gasteiger partial charge on any atom is -0.497 e. The highest BCUT2D eigenvalue weighted by Crippen LogP contribution is 2.26. The summed E-state index contributed by atoms with van der Waals surface area (Å²) in [6.45, 7) is 6.06. The molecule has 0 radical (unpaired) electrons. The number of pyridine rings is 1. The smallest absolute Gasteiger partial charge is 0.262 e. The zero-order valence-electron chi connectivity index (χ0n) is 18.2. The average Bonchev–Trinajstić information content (AvgIpc) is 2.78. The first-order valence-electron chi connectivity index (χ1n) is 10.4. The SMILES string of the molecule is COc1cccc(OCC(=O)Nc2ccc3nc(N4CCN(C)CC4)cc(C)c3c2)c1. The number of benzene rings is 2. The van der Waals surface area contributed by atoms with Crippen LogP contribution in [0.1, 0.15) is 5.56 Å². The Labute approximate surface area is 182 Å². The van der Waals surface area contributed by atoms with Crippen LogP contribution in [0.3, 0.4) is 0 Å². The van der Waals surface area contributed by atoms with E-state index in [0.717, 1.165) is 54.2 Å². The van der Waals surface area contributed by atoms with Gasteiger partial charge in [0.1, 0.15) is 17.3 Å². The van der Waals surface area contributed by atoms with E-state index in [-0.39, 0.29) is 12.5 Å². The summed E-state index contributed by atoms with van der Waals surface area (Å²) in [7, 11) is 3.74. The summed E-state index contributed by atoms with van der Waals surface area (Å²) in [5.41, 5.74) is 2.80. The predicted molar refractivity (Wildman–Crippen MR) is 123 cm³/mol. The van der Waals surface area contributed by atoms with Crippen molar-refractivity contribution in [1.29, 1.82) is 0 Å². The molecule has 3 aromatic rings. The van der Waals surface area contributed by atoms with Crippen molar-refractivity contribution in [3.63, 3.8) is 0 Å². The summed E-state index contributed by atoms with van der Waals surface area (Å²) in [5.74, 6) is 2.07. The number of aromatic nitrogens is 1. The molecule has 1 saturated heterocycles. The van der Waals surface area contributed by atoms with E-state index < -0.39 is 0 Å². The summed E-state index contributed by atoms with van der Waals surface area (Å²) in [4.78, 5) is 21.9. The first-order chi connectivity index (χ1) is 15.0. The molecule has 7 nitrogen and oxygen atoms in total. The number of likely N-dealkylation sites (N-methyl/N-ethyl adjacent to an activating group) is 1. The second-order valence-corrected chi connectivity index (χ2v) is 7.84. The molecule has 1 aliphatic rings. The Kier molecular flexibility index (Phi) is 6.23. The maximum absolute atomic E-state index is 12.4. The Morgan fingerprint density at radius 2 is 1.84 bits per heavy atom. The standard InChI is InChI=1S/C24H28N4O3/c1-17-13-23(28-11-9-27(2)10-12-28)26-22-8-7-18(14-21(17)22)25-24(29)16-31-20-6-4-5-19(15-20)30-3/h4-8,13-15H,9-12,16H2,1-3H3,(H,25,29). The number of anilines is 2. The molecule has 0 bridgehead atoms. The lowest BCUT2D eigenvalue weighted by Gasteiger charge is -2.33. The Hall–Kier alpha value is -3.32. The number of aryl methyl sites for hydroxylation is 1. The molecule has 2 heterocycles. The zero-order chi connectivity index (χ0) is 21.8. The number of rotatable bonds is 6. The summed E-state index contributed by atoms with van der Waals surface area (Å²) < 4.78 is 10.7. The number of methoxy groups -OCH3 is 1. The summed E-state index contributed by atoms with van der Waals surface area (Å²) >= 11 is 0. The average molecular weight is 421 g/mol. The quantitative estimate of drug-likeness (QED) is 0.660. The van der Waals surface area contributed by atoms with Crippen molar-refractivity contribution in [2.75, 3.05) is 57.2 Å². The van der Waals surface area contributed by atoms with Gasteiger partial charge in [0.05, 0.1) is 12.6 Å². The normalized spacial score (nSPS) is 14.5. The van der Waals surface area contributed by atoms with E-state index in [2.05, 4.69) is 35.2 Å². The van der Waals surface area contributed by atoms with Gasteiger partial charge in [-0.05, 0) is 55.9 Å². The van der Waals surface area contributed by atoms with Crippen LogP contribution in [0.25, 0.3) is 10.9 Å². The minimum absolute atomic E-state index is 0.0786. The number of nitrogens with one attached hydrogen (secondary N) is 1. The fourth-order valence-corrected chi connectivity index (χ4v) is 3.69. The third-order valence-electron chi connectivity index (χ3n) is 5.52. The van der Waals surface area contributed by atoms with Gasteiger partial charge in [0.25, 0.3) is 5.91 Å². The fraction of sp³-hybridized carbons (Fsp3) is 0.333. The number of carbonyl (C=O) groups excluding carboxylic acids is 1. The molecular weight excluding hydrogens is 392 g/mol. The van der Waals surface area contributed by atoms with E-state index in [1.54, 1.807) is 19.2 Å². The molecule has 1 aliphatic heterocycles. The summed E-state index contributed by atoms with van der Waals surface area (Å²) in [6, 6.07) is 15.1. The molecule has 1 amide bonds. The molecule has 0 unspecified atom stereocenters. The second-order valence-electron chi connectivity index (χ2n) is 7.84. The molecule has 31 heavy (non-hydrogen) atoms. The third kappa shape index (κ3) is 5.06. The van der Waals surface area contributed by atoms with Gasteiger partial charge >= 0.3 is 0 Å². The number of piperazine rings is 1. The summed E-state index contributed by atoms with van der Waals surface area (Å²) in [5, 5.41) is 3.94. The van der Waals surface area contributed by atoms with Gasteiger partial charge in [-0.25, -0.2) is 4.98 Å². The van der Waals surface area contributed by atoms with E-state index in [0.29, 0.717) is 11.5 Å². The molecule has 0 aliphatic carbocycles. The zero-order valence-corrected chi connectivity index (χ0v) is 18.2. The molecule has 0 atom stereocenters. The van der Waals surface area contributed by atoms with Crippen LogP contribution in [0.2, 0.25) is 0 Å². The third-order valence-corrected chi connectivity index (χ3v) is 5.52. The van der Waals surface area contributed by atoms with E-state index in [1.807, 2.05) is 30.3 Å². The van der Waals surface area contributed by atoms with Crippen molar-refractivity contribution < 1.29 is 14.3 Å². The van der Waals surface area contributed by atoms with E-state index in [4.69, 9.17) is 14.5 Å². The second kappa shape index (κ2) is 9.22. The summed E-state index contributed by atoms with van der Waals surface area (Å²) in [6.07, 6.45) is 0. The maximum atomic E-state index is 12.4. The van der Waals surface area contributed by atoms with E-state index >= 15 is 0 Å². The Morgan fingerprint density at radius 3 is 2.61 bits per heavy atom. The highest BCUT2D eigenvalue weighted by molar-refractivity contribution is 5.95. The minimum atomic E-state index is -0.221. The van der Waals surface area contributed by atoms with Crippen LogP contribution in [0, 0.1) is 6.92 Å². The first kappa shape index (κ1) is 20.9. The van der Waals surface area contributed by atoms with E-state index in [1.165, 1.54) is 0 Å². The van der Waals surface area contributed by atoms with Gasteiger partial charge in [-0.15, -0.1) is 0 Å². The highest BCUT2D eigenvalue weighted by Gasteiger charge is 2.16. The van der Waals surface area contributed by atoms with Crippen LogP contribution >= 0.6 is 0 Å². The van der Waals surface area contributed by atoms with Crippen LogP contribution in [0.5, 0.6) is 11.5 Å². The van der Waals surface area contributed by atoms with Crippen LogP contribution in [0.15, 0.2) is 48.5 Å². The predicted octanol–water partition coefficient (Wildman–Crippen LogP) is 3.32. The molecule has 1 aromatic heterocycles. The van der Waals surface area contributed by atoms with Crippen molar-refractivity contribution >= 4 is 28.3 Å². The largest absolute Gasteiger partial charge is 0.497 e. The molecule has 162 valence electrons. The van der Waals surface area contributed by atoms with Gasteiger partial charge in [-0.1, -0.05) is 6.07 Å². The highest BCUT2D eigenvalue weighted by atomic mass is 16.5. The maximum Gasteiger partial charge on any atom is 0.262 e. The molecule has 0 spiro atoms. The molecule has 1 fully saturated rings. The van der Waals surface area contributed by atoms with Gasteiger partial charge in [-0.3, -0.25) is 4.79 Å². The number of nitrogens with zero attached hydrogens (tertiary/aromatic N) is 3. The van der Waals surface area contributed by atoms with Crippen molar-refractivity contribution in [1.82, 2.24) is 9.88 Å². The van der Waals surface area contributed by atoms with Crippen molar-refractivity contribution in [2.45, 2.75) is 6.92 Å². The number of amides is 1. The molecule has 7 heteroatoms. The number of hydrogen-bond acceptors (Lipinski definition) is 6. The Bertz CT molecular complexity index is 1080. The molecule has 4 rings (SSSR count). The molecule has 1 N–H and O–H groups in total. The monoisotopic (exact) mass is 420 g/mol. The Morgan fingerprint density at radius 1 is 1.06 bits per heavy atom. The van der Waals surface area contributed by atoms with Crippen LogP contribution in [0.4, 0.5) is 11.5 Å². The number of hydrogen-bond donors (Lipinski definition) is 1. The van der Waals surface area contributed by atoms with Gasteiger partial charge < -0.3 is 24.6 Å². The molecular formula is C24H28N4O3. The van der Waals surface area contributed by atoms with Crippen molar-refractivity contribution in [2.24, 2.45) is 0 Å². The van der Waals surface area contributed by atoms with Gasteiger partial charge in [-0.2, -0.15) is 0 Å². The number of ether oxygens (including phenoxy) is 2. The van der Waals surface area contributed by atoms with E-state index in [9.17, 15) is 4.79 Å². The number of carbonyl (C=O) groups is 1.